The molecule has 1 heterocycles. The van der Waals surface area contributed by atoms with Gasteiger partial charge in [-0.15, -0.1) is 0 Å². The first kappa shape index (κ1) is 27.2. The number of hydrogen-bond acceptors (Lipinski definition) is 10. The summed E-state index contributed by atoms with van der Waals surface area (Å²) in [4.78, 5) is 34.1. The van der Waals surface area contributed by atoms with Crippen LogP contribution in [0, 0.1) is 0 Å². The molecule has 0 aromatic heterocycles. The van der Waals surface area contributed by atoms with Crippen LogP contribution in [0.15, 0.2) is 0 Å². The minimum absolute atomic E-state index is 0.115. The quantitative estimate of drug-likeness (QED) is 0.123. The summed E-state index contributed by atoms with van der Waals surface area (Å²) in [6, 6.07) is -1.91. The second-order valence-electron chi connectivity index (χ2n) is 7.64. The van der Waals surface area contributed by atoms with Crippen LogP contribution in [0.5, 0.6) is 0 Å². The molecule has 0 aromatic carbocycles. The van der Waals surface area contributed by atoms with Crippen LogP contribution < -0.4 is 21.7 Å². The van der Waals surface area contributed by atoms with Gasteiger partial charge in [0.1, 0.15) is 18.2 Å². The molecule has 0 aromatic rings. The van der Waals surface area contributed by atoms with Gasteiger partial charge in [0.15, 0.2) is 5.79 Å². The molecule has 1 fully saturated rings. The van der Waals surface area contributed by atoms with E-state index in [1.807, 2.05) is 0 Å². The van der Waals surface area contributed by atoms with Gasteiger partial charge in [-0.1, -0.05) is 0 Å². The fourth-order valence-electron chi connectivity index (χ4n) is 3.04. The lowest BCUT2D eigenvalue weighted by Crippen LogP contribution is -2.56. The van der Waals surface area contributed by atoms with Gasteiger partial charge in [0.05, 0.1) is 25.3 Å². The minimum atomic E-state index is -1.67. The second kappa shape index (κ2) is 12.9. The average Bonchev–Trinajstić information content (AvgIpc) is 2.71. The molecule has 0 aliphatic carbocycles. The van der Waals surface area contributed by atoms with Crippen molar-refractivity contribution in [2.75, 3.05) is 26.2 Å². The van der Waals surface area contributed by atoms with E-state index < -0.39 is 60.6 Å². The van der Waals surface area contributed by atoms with Crippen LogP contribution in [0.3, 0.4) is 0 Å². The summed E-state index contributed by atoms with van der Waals surface area (Å²) in [7, 11) is 0. The number of carbonyl (C=O) groups is 3. The minimum Gasteiger partial charge on any atom is -0.480 e. The normalized spacial score (nSPS) is 27.9. The van der Waals surface area contributed by atoms with Crippen LogP contribution in [0.4, 0.5) is 0 Å². The molecule has 13 nitrogen and oxygen atoms in total. The van der Waals surface area contributed by atoms with Gasteiger partial charge in [-0.3, -0.25) is 14.4 Å². The zero-order valence-electron chi connectivity index (χ0n) is 17.5. The average molecular weight is 450 g/mol. The van der Waals surface area contributed by atoms with E-state index in [0.29, 0.717) is 25.9 Å². The summed E-state index contributed by atoms with van der Waals surface area (Å²) in [5.74, 6) is -4.03. The molecule has 3 unspecified atom stereocenters. The van der Waals surface area contributed by atoms with Crippen LogP contribution in [0.25, 0.3) is 0 Å². The number of rotatable bonds is 13. The van der Waals surface area contributed by atoms with E-state index in [0.717, 1.165) is 0 Å². The monoisotopic (exact) mass is 450 g/mol. The summed E-state index contributed by atoms with van der Waals surface area (Å²) in [5, 5.41) is 55.3. The molecule has 1 saturated heterocycles. The summed E-state index contributed by atoms with van der Waals surface area (Å²) in [5.41, 5.74) is 5.76. The number of carboxylic acid groups (broad SMARTS) is 1. The maximum Gasteiger partial charge on any atom is 0.325 e. The standard InChI is InChI=1S/C18H34N4O9/c1-10(17(28)29)22-14(25)8-21-16(27)11(19)3-2-5-20-6-4-18(30)7-12(24)15(26)13(9-23)31-18/h10-13,15,20,23-24,26,30H,2-9,19H2,1H3,(H,21,27)(H,22,25)(H,28,29)/t10-,11-,12?,13?,15+,18?/m0/s1. The van der Waals surface area contributed by atoms with Gasteiger partial charge in [0.2, 0.25) is 11.8 Å². The predicted molar refractivity (Wildman–Crippen MR) is 106 cm³/mol. The van der Waals surface area contributed by atoms with Crippen molar-refractivity contribution in [2.45, 2.75) is 68.8 Å². The van der Waals surface area contributed by atoms with E-state index in [9.17, 15) is 29.7 Å². The van der Waals surface area contributed by atoms with Crippen molar-refractivity contribution in [3.8, 4) is 0 Å². The van der Waals surface area contributed by atoms with Crippen LogP contribution >= 0.6 is 0 Å². The van der Waals surface area contributed by atoms with Crippen LogP contribution in [0.1, 0.15) is 32.6 Å². The number of amides is 2. The number of nitrogens with two attached hydrogens (primary N) is 1. The smallest absolute Gasteiger partial charge is 0.325 e. The van der Waals surface area contributed by atoms with Gasteiger partial charge < -0.3 is 52.0 Å². The van der Waals surface area contributed by atoms with Crippen LogP contribution in [-0.2, 0) is 19.1 Å². The van der Waals surface area contributed by atoms with Crippen molar-refractivity contribution >= 4 is 17.8 Å². The number of ether oxygens (including phenoxy) is 1. The number of aliphatic hydroxyl groups excluding tert-OH is 3. The van der Waals surface area contributed by atoms with E-state index in [1.165, 1.54) is 6.92 Å². The van der Waals surface area contributed by atoms with Crippen molar-refractivity contribution < 1.29 is 44.7 Å². The molecular formula is C18H34N4O9. The Balaban J connectivity index is 2.19. The second-order valence-corrected chi connectivity index (χ2v) is 7.64. The Morgan fingerprint density at radius 1 is 1.26 bits per heavy atom. The lowest BCUT2D eigenvalue weighted by atomic mass is 9.94. The van der Waals surface area contributed by atoms with E-state index in [2.05, 4.69) is 16.0 Å². The first-order chi connectivity index (χ1) is 14.5. The third-order valence-corrected chi connectivity index (χ3v) is 4.92. The SMILES string of the molecule is C[C@H](NC(=O)CNC(=O)[C@@H](N)CCCNCCC1(O)CC(O)[C@@H](O)C(CO)O1)C(=O)O. The maximum absolute atomic E-state index is 11.9. The predicted octanol–water partition coefficient (Wildman–Crippen LogP) is -4.03. The van der Waals surface area contributed by atoms with Crippen molar-refractivity contribution in [1.82, 2.24) is 16.0 Å². The summed E-state index contributed by atoms with van der Waals surface area (Å²) < 4.78 is 5.28. The first-order valence-corrected chi connectivity index (χ1v) is 10.1. The van der Waals surface area contributed by atoms with Crippen molar-refractivity contribution in [3.63, 3.8) is 0 Å². The maximum atomic E-state index is 11.9. The van der Waals surface area contributed by atoms with E-state index >= 15 is 0 Å². The number of aliphatic hydroxyl groups is 4. The first-order valence-electron chi connectivity index (χ1n) is 10.1. The highest BCUT2D eigenvalue weighted by Gasteiger charge is 2.44. The number of hydrogen-bond donors (Lipinski definition) is 9. The van der Waals surface area contributed by atoms with E-state index in [1.54, 1.807) is 0 Å². The molecule has 0 bridgehead atoms. The van der Waals surface area contributed by atoms with E-state index in [4.69, 9.17) is 20.7 Å². The van der Waals surface area contributed by atoms with Gasteiger partial charge >= 0.3 is 5.97 Å². The van der Waals surface area contributed by atoms with Gasteiger partial charge in [-0.2, -0.15) is 0 Å². The lowest BCUT2D eigenvalue weighted by Gasteiger charge is -2.42. The van der Waals surface area contributed by atoms with Crippen molar-refractivity contribution in [1.29, 1.82) is 0 Å². The molecule has 10 N–H and O–H groups in total. The summed E-state index contributed by atoms with van der Waals surface area (Å²) in [6.45, 7) is 1.18. The molecule has 0 saturated carbocycles. The number of aliphatic carboxylic acids is 1. The zero-order valence-corrected chi connectivity index (χ0v) is 17.5. The Bertz CT molecular complexity index is 609. The third kappa shape index (κ3) is 9.43. The Labute approximate surface area is 179 Å². The summed E-state index contributed by atoms with van der Waals surface area (Å²) in [6.07, 6.45) is -2.76. The van der Waals surface area contributed by atoms with Crippen molar-refractivity contribution in [2.24, 2.45) is 5.73 Å². The Morgan fingerprint density at radius 3 is 2.55 bits per heavy atom. The van der Waals surface area contributed by atoms with E-state index in [-0.39, 0.29) is 19.4 Å². The van der Waals surface area contributed by atoms with Crippen molar-refractivity contribution in [3.05, 3.63) is 0 Å². The molecule has 1 aliphatic rings. The highest BCUT2D eigenvalue weighted by atomic mass is 16.6. The molecular weight excluding hydrogens is 416 g/mol. The molecule has 1 rings (SSSR count). The highest BCUT2D eigenvalue weighted by Crippen LogP contribution is 2.29. The molecule has 13 heteroatoms. The largest absolute Gasteiger partial charge is 0.480 e. The Hall–Kier alpha value is -1.87. The van der Waals surface area contributed by atoms with Crippen LogP contribution in [-0.4, -0.2) is 106 Å². The molecule has 31 heavy (non-hydrogen) atoms. The third-order valence-electron chi connectivity index (χ3n) is 4.92. The molecule has 0 radical (unpaired) electrons. The van der Waals surface area contributed by atoms with Crippen LogP contribution in [0.2, 0.25) is 0 Å². The molecule has 6 atom stereocenters. The number of carbonyl (C=O) groups excluding carboxylic acids is 2. The highest BCUT2D eigenvalue weighted by molar-refractivity contribution is 5.89. The topological polar surface area (TPSA) is 224 Å². The molecule has 1 aliphatic heterocycles. The van der Waals surface area contributed by atoms with Gasteiger partial charge in [-0.25, -0.2) is 0 Å². The summed E-state index contributed by atoms with van der Waals surface area (Å²) >= 11 is 0. The van der Waals surface area contributed by atoms with Gasteiger partial charge in [0, 0.05) is 19.4 Å². The fraction of sp³-hybridized carbons (Fsp3) is 0.833. The van der Waals surface area contributed by atoms with Gasteiger partial charge in [-0.05, 0) is 26.3 Å². The Kier molecular flexibility index (Phi) is 11.3. The van der Waals surface area contributed by atoms with Gasteiger partial charge in [0.25, 0.3) is 0 Å². The fourth-order valence-corrected chi connectivity index (χ4v) is 3.04. The number of nitrogens with one attached hydrogen (secondary N) is 3. The number of carboxylic acids is 1. The molecule has 2 amide bonds. The lowest BCUT2D eigenvalue weighted by molar-refractivity contribution is -0.306. The Morgan fingerprint density at radius 2 is 1.94 bits per heavy atom. The zero-order chi connectivity index (χ0) is 23.6. The molecule has 180 valence electrons. The molecule has 0 spiro atoms.